The normalized spacial score (nSPS) is 12.3. The van der Waals surface area contributed by atoms with Gasteiger partial charge in [0.05, 0.1) is 11.8 Å². The molecular formula is C21H30N4O5S. The molecule has 0 radical (unpaired) electrons. The number of hydrogen-bond acceptors (Lipinski definition) is 6. The van der Waals surface area contributed by atoms with Crippen molar-refractivity contribution in [2.24, 2.45) is 0 Å². The highest BCUT2D eigenvalue weighted by molar-refractivity contribution is 7.81. The highest BCUT2D eigenvalue weighted by Crippen LogP contribution is 2.10. The topological polar surface area (TPSA) is 125 Å². The molecule has 170 valence electrons. The molecule has 9 nitrogen and oxygen atoms in total. The van der Waals surface area contributed by atoms with Gasteiger partial charge in [0.25, 0.3) is 0 Å². The van der Waals surface area contributed by atoms with Crippen LogP contribution in [0.4, 0.5) is 5.69 Å². The summed E-state index contributed by atoms with van der Waals surface area (Å²) < 4.78 is 0. The van der Waals surface area contributed by atoms with Crippen LogP contribution in [-0.4, -0.2) is 66.2 Å². The molecule has 0 saturated carbocycles. The monoisotopic (exact) mass is 450 g/mol. The first-order valence-electron chi connectivity index (χ1n) is 9.99. The third-order valence-corrected chi connectivity index (χ3v) is 4.79. The molecule has 0 spiro atoms. The zero-order chi connectivity index (χ0) is 23.4. The van der Waals surface area contributed by atoms with Crippen molar-refractivity contribution in [3.05, 3.63) is 29.8 Å². The molecule has 4 amide bonds. The van der Waals surface area contributed by atoms with Crippen molar-refractivity contribution < 1.29 is 24.0 Å². The third kappa shape index (κ3) is 10.1. The second-order valence-electron chi connectivity index (χ2n) is 7.08. The minimum Gasteiger partial charge on any atom is -0.347 e. The molecule has 0 heterocycles. The Morgan fingerprint density at radius 3 is 2.35 bits per heavy atom. The molecule has 0 bridgehead atoms. The summed E-state index contributed by atoms with van der Waals surface area (Å²) in [5.74, 6) is -1.60. The Hall–Kier alpha value is -2.88. The fraction of sp³-hybridized carbons (Fsp3) is 0.476. The maximum Gasteiger partial charge on any atom is 0.246 e. The zero-order valence-electron chi connectivity index (χ0n) is 18.0. The SMILES string of the molecule is CCc1ccc(NC(=O)C(C)NC(=O)CNC(=O)CCN(C)C(=O)CC(S)C=O)cc1. The van der Waals surface area contributed by atoms with Gasteiger partial charge in [0.15, 0.2) is 0 Å². The number of rotatable bonds is 12. The van der Waals surface area contributed by atoms with Gasteiger partial charge in [-0.2, -0.15) is 12.6 Å². The largest absolute Gasteiger partial charge is 0.347 e. The van der Waals surface area contributed by atoms with E-state index in [1.807, 2.05) is 19.1 Å². The van der Waals surface area contributed by atoms with E-state index in [0.717, 1.165) is 12.0 Å². The summed E-state index contributed by atoms with van der Waals surface area (Å²) in [6.45, 7) is 3.43. The average molecular weight is 451 g/mol. The van der Waals surface area contributed by atoms with Crippen LogP contribution in [0.1, 0.15) is 32.3 Å². The molecule has 3 N–H and O–H groups in total. The van der Waals surface area contributed by atoms with Gasteiger partial charge in [0.1, 0.15) is 12.3 Å². The maximum atomic E-state index is 12.2. The molecule has 0 fully saturated rings. The number of carbonyl (C=O) groups is 5. The molecule has 2 unspecified atom stereocenters. The standard InChI is InChI=1S/C21H30N4O5S/c1-4-15-5-7-16(8-6-15)24-21(30)14(2)23-19(28)12-22-18(27)9-10-25(3)20(29)11-17(31)13-26/h5-8,13-14,17,31H,4,9-12H2,1-3H3,(H,22,27)(H,23,28)(H,24,30). The van der Waals surface area contributed by atoms with Crippen molar-refractivity contribution in [3.8, 4) is 0 Å². The second kappa shape index (κ2) is 13.4. The van der Waals surface area contributed by atoms with Gasteiger partial charge in [-0.25, -0.2) is 0 Å². The number of nitrogens with zero attached hydrogens (tertiary/aromatic N) is 1. The molecule has 2 atom stereocenters. The summed E-state index contributed by atoms with van der Waals surface area (Å²) in [6, 6.07) is 6.63. The Morgan fingerprint density at radius 1 is 1.13 bits per heavy atom. The van der Waals surface area contributed by atoms with Crippen LogP contribution in [0.5, 0.6) is 0 Å². The van der Waals surface area contributed by atoms with E-state index in [0.29, 0.717) is 12.0 Å². The molecule has 1 aromatic carbocycles. The zero-order valence-corrected chi connectivity index (χ0v) is 18.9. The molecule has 0 saturated heterocycles. The van der Waals surface area contributed by atoms with E-state index < -0.39 is 23.1 Å². The molecule has 1 aromatic rings. The highest BCUT2D eigenvalue weighted by atomic mass is 32.1. The minimum atomic E-state index is -0.786. The molecule has 10 heteroatoms. The number of anilines is 1. The minimum absolute atomic E-state index is 0.00234. The quantitative estimate of drug-likeness (QED) is 0.273. The average Bonchev–Trinajstić information content (AvgIpc) is 2.76. The first kappa shape index (κ1) is 26.2. The molecule has 0 aliphatic heterocycles. The molecule has 1 rings (SSSR count). The van der Waals surface area contributed by atoms with Crippen LogP contribution in [0.2, 0.25) is 0 Å². The molecular weight excluding hydrogens is 420 g/mol. The number of hydrogen-bond donors (Lipinski definition) is 4. The first-order chi connectivity index (χ1) is 14.7. The fourth-order valence-electron chi connectivity index (χ4n) is 2.48. The van der Waals surface area contributed by atoms with Crippen molar-refractivity contribution in [2.45, 2.75) is 44.4 Å². The summed E-state index contributed by atoms with van der Waals surface area (Å²) >= 11 is 3.94. The molecule has 0 aromatic heterocycles. The summed E-state index contributed by atoms with van der Waals surface area (Å²) in [7, 11) is 1.52. The lowest BCUT2D eigenvalue weighted by molar-refractivity contribution is -0.131. The predicted molar refractivity (Wildman–Crippen MR) is 121 cm³/mol. The van der Waals surface area contributed by atoms with Gasteiger partial charge in [0.2, 0.25) is 23.6 Å². The predicted octanol–water partition coefficient (Wildman–Crippen LogP) is 0.544. The van der Waals surface area contributed by atoms with Crippen LogP contribution >= 0.6 is 12.6 Å². The number of amides is 4. The Bertz CT molecular complexity index is 784. The smallest absolute Gasteiger partial charge is 0.246 e. The van der Waals surface area contributed by atoms with Crippen LogP contribution in [0.15, 0.2) is 24.3 Å². The highest BCUT2D eigenvalue weighted by Gasteiger charge is 2.17. The third-order valence-electron chi connectivity index (χ3n) is 4.49. The Labute approximate surface area is 187 Å². The van der Waals surface area contributed by atoms with Gasteiger partial charge >= 0.3 is 0 Å². The number of nitrogens with one attached hydrogen (secondary N) is 3. The molecule has 0 aliphatic carbocycles. The number of aryl methyl sites for hydroxylation is 1. The molecule has 0 aliphatic rings. The van der Waals surface area contributed by atoms with E-state index in [4.69, 9.17) is 0 Å². The Balaban J connectivity index is 2.32. The van der Waals surface area contributed by atoms with Gasteiger partial charge in [0, 0.05) is 32.1 Å². The summed E-state index contributed by atoms with van der Waals surface area (Å²) in [5.41, 5.74) is 1.78. The van der Waals surface area contributed by atoms with Crippen LogP contribution in [0.3, 0.4) is 0 Å². The van der Waals surface area contributed by atoms with E-state index in [1.165, 1.54) is 11.9 Å². The van der Waals surface area contributed by atoms with Gasteiger partial charge in [-0.15, -0.1) is 0 Å². The Morgan fingerprint density at radius 2 is 1.77 bits per heavy atom. The van der Waals surface area contributed by atoms with Gasteiger partial charge < -0.3 is 25.6 Å². The number of carbonyl (C=O) groups excluding carboxylic acids is 5. The van der Waals surface area contributed by atoms with E-state index in [2.05, 4.69) is 28.6 Å². The van der Waals surface area contributed by atoms with Crippen LogP contribution in [0.25, 0.3) is 0 Å². The van der Waals surface area contributed by atoms with Crippen molar-refractivity contribution in [1.82, 2.24) is 15.5 Å². The number of thiol groups is 1. The van der Waals surface area contributed by atoms with Crippen LogP contribution < -0.4 is 16.0 Å². The van der Waals surface area contributed by atoms with Gasteiger partial charge in [-0.3, -0.25) is 19.2 Å². The Kier molecular flexibility index (Phi) is 11.3. The van der Waals surface area contributed by atoms with Crippen molar-refractivity contribution in [3.63, 3.8) is 0 Å². The second-order valence-corrected chi connectivity index (χ2v) is 7.74. The lowest BCUT2D eigenvalue weighted by Crippen LogP contribution is -2.46. The summed E-state index contributed by atoms with van der Waals surface area (Å²) in [5, 5.41) is 7.00. The van der Waals surface area contributed by atoms with Crippen LogP contribution in [0, 0.1) is 0 Å². The summed E-state index contributed by atoms with van der Waals surface area (Å²) in [6.07, 6.45) is 1.42. The lowest BCUT2D eigenvalue weighted by Gasteiger charge is -2.18. The first-order valence-corrected chi connectivity index (χ1v) is 10.5. The van der Waals surface area contributed by atoms with E-state index in [9.17, 15) is 24.0 Å². The van der Waals surface area contributed by atoms with Crippen molar-refractivity contribution in [2.75, 3.05) is 25.5 Å². The van der Waals surface area contributed by atoms with Crippen molar-refractivity contribution in [1.29, 1.82) is 0 Å². The molecule has 31 heavy (non-hydrogen) atoms. The van der Waals surface area contributed by atoms with Gasteiger partial charge in [-0.05, 0) is 31.0 Å². The summed E-state index contributed by atoms with van der Waals surface area (Å²) in [4.78, 5) is 59.8. The fourth-order valence-corrected chi connectivity index (χ4v) is 2.63. The van der Waals surface area contributed by atoms with Gasteiger partial charge in [-0.1, -0.05) is 19.1 Å². The number of benzene rings is 1. The van der Waals surface area contributed by atoms with E-state index in [-0.39, 0.29) is 37.7 Å². The maximum absolute atomic E-state index is 12.2. The lowest BCUT2D eigenvalue weighted by atomic mass is 10.1. The van der Waals surface area contributed by atoms with E-state index in [1.54, 1.807) is 19.1 Å². The number of aldehydes is 1. The van der Waals surface area contributed by atoms with Crippen molar-refractivity contribution >= 4 is 48.2 Å². The van der Waals surface area contributed by atoms with Crippen LogP contribution in [-0.2, 0) is 30.4 Å². The van der Waals surface area contributed by atoms with E-state index >= 15 is 0 Å².